The number of thiazole rings is 1. The molecule has 0 unspecified atom stereocenters. The average molecular weight is 445 g/mol. The van der Waals surface area contributed by atoms with E-state index in [1.165, 1.54) is 23.5 Å². The van der Waals surface area contributed by atoms with Crippen LogP contribution in [0.3, 0.4) is 0 Å². The van der Waals surface area contributed by atoms with Crippen LogP contribution in [0.4, 0.5) is 19.6 Å². The minimum atomic E-state index is -0.672. The number of halogens is 2. The monoisotopic (exact) mass is 444 g/mol. The summed E-state index contributed by atoms with van der Waals surface area (Å²) in [4.78, 5) is 21.3. The van der Waals surface area contributed by atoms with Crippen molar-refractivity contribution in [3.63, 3.8) is 0 Å². The van der Waals surface area contributed by atoms with Gasteiger partial charge in [0.1, 0.15) is 23.1 Å². The summed E-state index contributed by atoms with van der Waals surface area (Å²) in [6.45, 7) is 3.31. The van der Waals surface area contributed by atoms with E-state index in [-0.39, 0.29) is 12.5 Å². The predicted octanol–water partition coefficient (Wildman–Crippen LogP) is 3.69. The molecule has 162 valence electrons. The number of piperazine rings is 1. The number of rotatable bonds is 6. The van der Waals surface area contributed by atoms with Gasteiger partial charge in [-0.2, -0.15) is 0 Å². The number of aromatic nitrogens is 1. The first-order valence-corrected chi connectivity index (χ1v) is 10.7. The lowest BCUT2D eigenvalue weighted by atomic mass is 10.2. The highest BCUT2D eigenvalue weighted by atomic mass is 32.1. The molecule has 3 aromatic rings. The molecule has 1 saturated heterocycles. The van der Waals surface area contributed by atoms with Crippen LogP contribution in [0.25, 0.3) is 0 Å². The van der Waals surface area contributed by atoms with E-state index in [0.29, 0.717) is 11.3 Å². The molecule has 0 saturated carbocycles. The Labute approximate surface area is 183 Å². The molecular formula is C22H22F2N4O2S. The van der Waals surface area contributed by atoms with Crippen molar-refractivity contribution in [2.24, 2.45) is 0 Å². The molecule has 1 amide bonds. The van der Waals surface area contributed by atoms with Crippen LogP contribution in [0.2, 0.25) is 0 Å². The van der Waals surface area contributed by atoms with Gasteiger partial charge in [-0.15, -0.1) is 11.3 Å². The molecule has 0 atom stereocenters. The number of benzene rings is 2. The summed E-state index contributed by atoms with van der Waals surface area (Å²) in [6.07, 6.45) is 0. The largest absolute Gasteiger partial charge is 0.497 e. The van der Waals surface area contributed by atoms with E-state index in [1.54, 1.807) is 12.5 Å². The van der Waals surface area contributed by atoms with Crippen LogP contribution in [0.15, 0.2) is 47.8 Å². The lowest BCUT2D eigenvalue weighted by Gasteiger charge is -2.36. The number of amides is 1. The first-order valence-electron chi connectivity index (χ1n) is 9.84. The summed E-state index contributed by atoms with van der Waals surface area (Å²) in [5.41, 5.74) is 1.80. The van der Waals surface area contributed by atoms with Gasteiger partial charge >= 0.3 is 0 Å². The van der Waals surface area contributed by atoms with Crippen molar-refractivity contribution in [3.05, 3.63) is 70.7 Å². The van der Waals surface area contributed by atoms with Gasteiger partial charge in [0.05, 0.1) is 7.11 Å². The maximum atomic E-state index is 13.3. The fraction of sp³-hybridized carbons (Fsp3) is 0.273. The van der Waals surface area contributed by atoms with Gasteiger partial charge in [0, 0.05) is 49.9 Å². The molecule has 0 spiro atoms. The van der Waals surface area contributed by atoms with Gasteiger partial charge < -0.3 is 19.9 Å². The molecule has 1 N–H and O–H groups in total. The second kappa shape index (κ2) is 9.30. The Kier molecular flexibility index (Phi) is 6.31. The van der Waals surface area contributed by atoms with Crippen molar-refractivity contribution in [2.75, 3.05) is 43.1 Å². The summed E-state index contributed by atoms with van der Waals surface area (Å²) < 4.78 is 31.8. The molecule has 6 nitrogen and oxygen atoms in total. The first kappa shape index (κ1) is 21.0. The van der Waals surface area contributed by atoms with Crippen molar-refractivity contribution in [1.82, 2.24) is 10.3 Å². The third kappa shape index (κ3) is 5.11. The number of nitrogens with zero attached hydrogens (tertiary/aromatic N) is 3. The van der Waals surface area contributed by atoms with Crippen molar-refractivity contribution < 1.29 is 18.3 Å². The number of carbonyl (C=O) groups excluding carboxylic acids is 1. The molecule has 0 bridgehead atoms. The van der Waals surface area contributed by atoms with Crippen LogP contribution < -0.4 is 19.9 Å². The van der Waals surface area contributed by atoms with Gasteiger partial charge in [-0.3, -0.25) is 4.79 Å². The summed E-state index contributed by atoms with van der Waals surface area (Å²) in [5.74, 6) is -0.884. The van der Waals surface area contributed by atoms with Gasteiger partial charge in [0.2, 0.25) is 0 Å². The van der Waals surface area contributed by atoms with Crippen LogP contribution in [0, 0.1) is 11.6 Å². The minimum absolute atomic E-state index is 0.0287. The number of methoxy groups -OCH3 is 1. The number of nitrogens with one attached hydrogen (secondary N) is 1. The highest BCUT2D eigenvalue weighted by Crippen LogP contribution is 2.25. The molecule has 9 heteroatoms. The van der Waals surface area contributed by atoms with Gasteiger partial charge in [0.25, 0.3) is 5.91 Å². The maximum absolute atomic E-state index is 13.3. The van der Waals surface area contributed by atoms with Crippen molar-refractivity contribution in [2.45, 2.75) is 6.54 Å². The Bertz CT molecular complexity index is 1030. The SMILES string of the molecule is COc1ccc(N2CCN(c3nc(C(=O)NCc4cc(F)cc(F)c4)cs3)CC2)cc1. The molecule has 4 rings (SSSR count). The highest BCUT2D eigenvalue weighted by Gasteiger charge is 2.21. The molecular weight excluding hydrogens is 422 g/mol. The van der Waals surface area contributed by atoms with Crippen molar-refractivity contribution in [1.29, 1.82) is 0 Å². The van der Waals surface area contributed by atoms with Crippen LogP contribution in [-0.2, 0) is 6.54 Å². The Morgan fingerprint density at radius 3 is 2.35 bits per heavy atom. The zero-order valence-corrected chi connectivity index (χ0v) is 17.8. The molecule has 1 aromatic heterocycles. The highest BCUT2D eigenvalue weighted by molar-refractivity contribution is 7.13. The van der Waals surface area contributed by atoms with Gasteiger partial charge in [-0.25, -0.2) is 13.8 Å². The van der Waals surface area contributed by atoms with Crippen LogP contribution >= 0.6 is 11.3 Å². The van der Waals surface area contributed by atoms with Gasteiger partial charge in [0.15, 0.2) is 5.13 Å². The summed E-state index contributed by atoms with van der Waals surface area (Å²) >= 11 is 1.41. The van der Waals surface area contributed by atoms with Crippen molar-refractivity contribution >= 4 is 28.1 Å². The molecule has 2 aromatic carbocycles. The molecule has 1 aliphatic heterocycles. The van der Waals surface area contributed by atoms with E-state index < -0.39 is 11.6 Å². The fourth-order valence-electron chi connectivity index (χ4n) is 3.45. The summed E-state index contributed by atoms with van der Waals surface area (Å²) in [6, 6.07) is 11.2. The Morgan fingerprint density at radius 1 is 1.06 bits per heavy atom. The molecule has 31 heavy (non-hydrogen) atoms. The molecule has 1 fully saturated rings. The standard InChI is InChI=1S/C22H22F2N4O2S/c1-30-19-4-2-18(3-5-19)27-6-8-28(9-7-27)22-26-20(14-31-22)21(29)25-13-15-10-16(23)12-17(24)11-15/h2-5,10-12,14H,6-9,13H2,1H3,(H,25,29). The molecule has 0 radical (unpaired) electrons. The second-order valence-corrected chi connectivity index (χ2v) is 7.98. The van der Waals surface area contributed by atoms with E-state index in [1.807, 2.05) is 24.3 Å². The number of ether oxygens (including phenoxy) is 1. The lowest BCUT2D eigenvalue weighted by Crippen LogP contribution is -2.46. The fourth-order valence-corrected chi connectivity index (χ4v) is 4.31. The third-order valence-electron chi connectivity index (χ3n) is 5.09. The molecule has 0 aliphatic carbocycles. The first-order chi connectivity index (χ1) is 15.0. The summed E-state index contributed by atoms with van der Waals surface area (Å²) in [7, 11) is 1.65. The number of carbonyl (C=O) groups is 1. The zero-order valence-electron chi connectivity index (χ0n) is 17.0. The van der Waals surface area contributed by atoms with E-state index in [0.717, 1.165) is 48.8 Å². The van der Waals surface area contributed by atoms with E-state index in [2.05, 4.69) is 20.1 Å². The smallest absolute Gasteiger partial charge is 0.271 e. The van der Waals surface area contributed by atoms with E-state index in [9.17, 15) is 13.6 Å². The Hall–Kier alpha value is -3.20. The second-order valence-electron chi connectivity index (χ2n) is 7.15. The van der Waals surface area contributed by atoms with Crippen LogP contribution in [0.1, 0.15) is 16.1 Å². The third-order valence-corrected chi connectivity index (χ3v) is 5.99. The Balaban J connectivity index is 1.31. The number of hydrogen-bond donors (Lipinski definition) is 1. The van der Waals surface area contributed by atoms with E-state index in [4.69, 9.17) is 4.74 Å². The van der Waals surface area contributed by atoms with Gasteiger partial charge in [-0.05, 0) is 42.0 Å². The topological polar surface area (TPSA) is 57.7 Å². The lowest BCUT2D eigenvalue weighted by molar-refractivity contribution is 0.0946. The number of hydrogen-bond acceptors (Lipinski definition) is 6. The molecule has 1 aliphatic rings. The normalized spacial score (nSPS) is 13.9. The summed E-state index contributed by atoms with van der Waals surface area (Å²) in [5, 5.41) is 5.15. The number of anilines is 2. The quantitative estimate of drug-likeness (QED) is 0.629. The van der Waals surface area contributed by atoms with Crippen molar-refractivity contribution in [3.8, 4) is 5.75 Å². The average Bonchev–Trinajstić information content (AvgIpc) is 3.27. The van der Waals surface area contributed by atoms with Gasteiger partial charge in [-0.1, -0.05) is 0 Å². The van der Waals surface area contributed by atoms with E-state index >= 15 is 0 Å². The zero-order chi connectivity index (χ0) is 21.8. The van der Waals surface area contributed by atoms with Crippen LogP contribution in [-0.4, -0.2) is 44.2 Å². The Morgan fingerprint density at radius 2 is 1.71 bits per heavy atom. The van der Waals surface area contributed by atoms with Crippen LogP contribution in [0.5, 0.6) is 5.75 Å². The maximum Gasteiger partial charge on any atom is 0.271 e. The predicted molar refractivity (Wildman–Crippen MR) is 117 cm³/mol. The molecule has 2 heterocycles. The minimum Gasteiger partial charge on any atom is -0.497 e.